The molecule has 0 bridgehead atoms. The molecule has 14 heavy (non-hydrogen) atoms. The third-order valence-electron chi connectivity index (χ3n) is 1.95. The number of benzene rings is 1. The average molecular weight is 271 g/mol. The van der Waals surface area contributed by atoms with E-state index in [2.05, 4.69) is 52.8 Å². The molecule has 1 rings (SSSR count). The number of rotatable bonds is 6. The van der Waals surface area contributed by atoms with Gasteiger partial charge in [0, 0.05) is 0 Å². The van der Waals surface area contributed by atoms with Gasteiger partial charge in [0.05, 0.1) is 0 Å². The maximum atomic E-state index is 3.16. The van der Waals surface area contributed by atoms with Crippen LogP contribution in [0.4, 0.5) is 0 Å². The molecule has 0 spiro atoms. The SMILES string of the molecule is CCCCSC(=[Se])Cc1ccccc1. The molecule has 0 saturated carbocycles. The van der Waals surface area contributed by atoms with Gasteiger partial charge in [0.1, 0.15) is 0 Å². The third kappa shape index (κ3) is 4.99. The van der Waals surface area contributed by atoms with Gasteiger partial charge in [0.25, 0.3) is 0 Å². The van der Waals surface area contributed by atoms with Crippen LogP contribution in [0.25, 0.3) is 0 Å². The summed E-state index contributed by atoms with van der Waals surface area (Å²) in [5, 5.41) is 0. The van der Waals surface area contributed by atoms with Crippen molar-refractivity contribution >= 4 is 31.1 Å². The molecule has 0 fully saturated rings. The maximum absolute atomic E-state index is 3.16. The second-order valence-electron chi connectivity index (χ2n) is 3.24. The Labute approximate surface area is 98.8 Å². The van der Waals surface area contributed by atoms with Crippen molar-refractivity contribution in [2.45, 2.75) is 26.2 Å². The van der Waals surface area contributed by atoms with Gasteiger partial charge in [0.2, 0.25) is 0 Å². The van der Waals surface area contributed by atoms with Gasteiger partial charge in [-0.25, -0.2) is 0 Å². The third-order valence-corrected chi connectivity index (χ3v) is 3.96. The molecular formula is C12H16SSe. The predicted molar refractivity (Wildman–Crippen MR) is 68.3 cm³/mol. The van der Waals surface area contributed by atoms with E-state index in [1.165, 1.54) is 27.9 Å². The molecule has 0 N–H and O–H groups in total. The Morgan fingerprint density at radius 2 is 2.00 bits per heavy atom. The van der Waals surface area contributed by atoms with Crippen LogP contribution in [0.15, 0.2) is 30.3 Å². The van der Waals surface area contributed by atoms with Crippen molar-refractivity contribution in [1.82, 2.24) is 0 Å². The Balaban J connectivity index is 2.27. The predicted octanol–water partition coefficient (Wildman–Crippen LogP) is 3.06. The zero-order valence-electron chi connectivity index (χ0n) is 8.53. The summed E-state index contributed by atoms with van der Waals surface area (Å²) in [6.45, 7) is 2.23. The molecule has 0 aliphatic rings. The monoisotopic (exact) mass is 272 g/mol. The first kappa shape index (κ1) is 12.0. The summed E-state index contributed by atoms with van der Waals surface area (Å²) in [7, 11) is 0. The van der Waals surface area contributed by atoms with Crippen LogP contribution in [0.3, 0.4) is 0 Å². The summed E-state index contributed by atoms with van der Waals surface area (Å²) in [6, 6.07) is 10.6. The normalized spacial score (nSPS) is 10.1. The first-order valence-electron chi connectivity index (χ1n) is 5.02. The molecule has 0 atom stereocenters. The van der Waals surface area contributed by atoms with Gasteiger partial charge in [-0.15, -0.1) is 0 Å². The molecule has 0 heterocycles. The Hall–Kier alpha value is -0.0405. The first-order chi connectivity index (χ1) is 6.83. The second kappa shape index (κ2) is 7.28. The van der Waals surface area contributed by atoms with Gasteiger partial charge in [-0.3, -0.25) is 0 Å². The van der Waals surface area contributed by atoms with E-state index in [1.807, 2.05) is 11.8 Å². The fraction of sp³-hybridized carbons (Fsp3) is 0.417. The van der Waals surface area contributed by atoms with Crippen LogP contribution in [0.2, 0.25) is 0 Å². The van der Waals surface area contributed by atoms with Crippen molar-refractivity contribution in [3.8, 4) is 0 Å². The van der Waals surface area contributed by atoms with Crippen LogP contribution in [-0.4, -0.2) is 25.1 Å². The van der Waals surface area contributed by atoms with Crippen LogP contribution < -0.4 is 0 Å². The zero-order chi connectivity index (χ0) is 10.2. The van der Waals surface area contributed by atoms with Gasteiger partial charge in [-0.05, 0) is 0 Å². The molecule has 76 valence electrons. The number of thioether (sulfide) groups is 1. The van der Waals surface area contributed by atoms with E-state index in [1.54, 1.807) is 0 Å². The van der Waals surface area contributed by atoms with Crippen molar-refractivity contribution in [2.24, 2.45) is 0 Å². The summed E-state index contributed by atoms with van der Waals surface area (Å²) in [4.78, 5) is 0. The molecular weight excluding hydrogens is 255 g/mol. The molecule has 1 aromatic carbocycles. The quantitative estimate of drug-likeness (QED) is 0.566. The second-order valence-corrected chi connectivity index (χ2v) is 6.04. The Bertz CT molecular complexity index is 269. The van der Waals surface area contributed by atoms with Crippen LogP contribution in [-0.2, 0) is 6.42 Å². The average Bonchev–Trinajstić information content (AvgIpc) is 2.20. The summed E-state index contributed by atoms with van der Waals surface area (Å²) in [6.07, 6.45) is 3.66. The van der Waals surface area contributed by atoms with E-state index in [9.17, 15) is 0 Å². The van der Waals surface area contributed by atoms with E-state index in [4.69, 9.17) is 0 Å². The molecule has 0 unspecified atom stereocenters. The molecule has 1 aromatic rings. The van der Waals surface area contributed by atoms with E-state index in [0.29, 0.717) is 0 Å². The van der Waals surface area contributed by atoms with Gasteiger partial charge >= 0.3 is 98.9 Å². The number of hydrogen-bond acceptors (Lipinski definition) is 1. The fourth-order valence-corrected chi connectivity index (χ4v) is 2.95. The van der Waals surface area contributed by atoms with Crippen LogP contribution in [0.5, 0.6) is 0 Å². The Morgan fingerprint density at radius 3 is 2.64 bits per heavy atom. The van der Waals surface area contributed by atoms with E-state index in [-0.39, 0.29) is 0 Å². The number of hydrogen-bond donors (Lipinski definition) is 0. The molecule has 0 radical (unpaired) electrons. The van der Waals surface area contributed by atoms with Gasteiger partial charge in [-0.1, -0.05) is 0 Å². The topological polar surface area (TPSA) is 0 Å². The molecule has 0 saturated heterocycles. The molecule has 0 nitrogen and oxygen atoms in total. The van der Waals surface area contributed by atoms with E-state index in [0.717, 1.165) is 6.42 Å². The molecule has 0 aliphatic heterocycles. The van der Waals surface area contributed by atoms with Gasteiger partial charge in [-0.2, -0.15) is 0 Å². The summed E-state index contributed by atoms with van der Waals surface area (Å²) >= 11 is 5.12. The summed E-state index contributed by atoms with van der Waals surface area (Å²) in [5.74, 6) is 1.24. The Kier molecular flexibility index (Phi) is 6.25. The van der Waals surface area contributed by atoms with Crippen LogP contribution in [0.1, 0.15) is 25.3 Å². The number of unbranched alkanes of at least 4 members (excludes halogenated alkanes) is 1. The molecule has 2 heteroatoms. The molecule has 0 amide bonds. The standard InChI is InChI=1S/C12H16SSe/c1-2-3-9-13-12(14)10-11-7-5-4-6-8-11/h4-8H,2-3,9-10H2,1H3. The Morgan fingerprint density at radius 1 is 1.29 bits per heavy atom. The molecule has 0 aliphatic carbocycles. The minimum absolute atomic E-state index is 1.06. The van der Waals surface area contributed by atoms with Crippen molar-refractivity contribution in [2.75, 3.05) is 5.75 Å². The van der Waals surface area contributed by atoms with Crippen LogP contribution in [0, 0.1) is 0 Å². The van der Waals surface area contributed by atoms with Crippen LogP contribution >= 0.6 is 11.8 Å². The zero-order valence-corrected chi connectivity index (χ0v) is 11.1. The van der Waals surface area contributed by atoms with Crippen molar-refractivity contribution in [3.05, 3.63) is 35.9 Å². The minimum atomic E-state index is 1.06. The van der Waals surface area contributed by atoms with E-state index >= 15 is 0 Å². The van der Waals surface area contributed by atoms with Crippen molar-refractivity contribution in [3.63, 3.8) is 0 Å². The fourth-order valence-electron chi connectivity index (χ4n) is 1.14. The summed E-state index contributed by atoms with van der Waals surface area (Å²) < 4.78 is 1.41. The van der Waals surface area contributed by atoms with Crippen molar-refractivity contribution in [1.29, 1.82) is 0 Å². The van der Waals surface area contributed by atoms with Crippen molar-refractivity contribution < 1.29 is 0 Å². The first-order valence-corrected chi connectivity index (χ1v) is 6.86. The molecule has 0 aromatic heterocycles. The van der Waals surface area contributed by atoms with Gasteiger partial charge in [0.15, 0.2) is 0 Å². The summed E-state index contributed by atoms with van der Waals surface area (Å²) in [5.41, 5.74) is 1.39. The van der Waals surface area contributed by atoms with Gasteiger partial charge < -0.3 is 0 Å². The van der Waals surface area contributed by atoms with E-state index < -0.39 is 0 Å².